The van der Waals surface area contributed by atoms with Gasteiger partial charge < -0.3 is 28.5 Å². The summed E-state index contributed by atoms with van der Waals surface area (Å²) in [6, 6.07) is -0.886. The van der Waals surface area contributed by atoms with Gasteiger partial charge in [0.2, 0.25) is 5.91 Å². The Morgan fingerprint density at radius 1 is 0.515 bits per heavy atom. The second kappa shape index (κ2) is 47.2. The minimum Gasteiger partial charge on any atom is -0.756 e. The number of carbonyl (C=O) groups excluding carboxylic acids is 2. The van der Waals surface area contributed by atoms with E-state index >= 15 is 0 Å². The van der Waals surface area contributed by atoms with Gasteiger partial charge in [0.05, 0.1) is 33.8 Å². The van der Waals surface area contributed by atoms with Gasteiger partial charge in [-0.1, -0.05) is 225 Å². The van der Waals surface area contributed by atoms with Gasteiger partial charge >= 0.3 is 5.97 Å². The van der Waals surface area contributed by atoms with Gasteiger partial charge in [-0.15, -0.1) is 0 Å². The number of ether oxygens (including phenoxy) is 1. The number of amides is 1. The van der Waals surface area contributed by atoms with E-state index in [4.69, 9.17) is 13.8 Å². The molecule has 1 N–H and O–H groups in total. The van der Waals surface area contributed by atoms with E-state index in [0.717, 1.165) is 64.2 Å². The Kier molecular flexibility index (Phi) is 46.1. The van der Waals surface area contributed by atoms with Crippen LogP contribution in [0.2, 0.25) is 0 Å². The van der Waals surface area contributed by atoms with Crippen molar-refractivity contribution in [3.63, 3.8) is 0 Å². The number of nitrogens with one attached hydrogen (secondary N) is 1. The summed E-state index contributed by atoms with van der Waals surface area (Å²) < 4.78 is 30.2. The molecular formula is C56H109N2O7P. The van der Waals surface area contributed by atoms with Crippen LogP contribution < -0.4 is 10.2 Å². The van der Waals surface area contributed by atoms with Gasteiger partial charge in [0.25, 0.3) is 7.82 Å². The Morgan fingerprint density at radius 3 is 1.30 bits per heavy atom. The molecule has 0 aliphatic heterocycles. The number of hydrogen-bond donors (Lipinski definition) is 1. The first-order valence-electron chi connectivity index (χ1n) is 28.1. The highest BCUT2D eigenvalue weighted by Gasteiger charge is 2.27. The standard InChI is InChI=1S/C56H109N2O7P/c1-7-10-13-16-19-22-25-28-31-33-36-39-42-45-48-55(59)57-53(52-64-66(61,62)63-51-50-58(4,5)6)54(47-44-41-38-35-32-29-26-23-20-17-14-11-8-2)65-56(60)49-46-43-40-37-34-30-27-24-21-18-15-12-9-3/h30,34,44,47,53-54H,7-29,31-33,35-43,45-46,48-52H2,1-6H3,(H-,57,59,61,62)/b34-30-,47-44+. The van der Waals surface area contributed by atoms with E-state index in [1.165, 1.54) is 167 Å². The number of carbonyl (C=O) groups is 2. The number of nitrogens with zero attached hydrogens (tertiary/aromatic N) is 1. The summed E-state index contributed by atoms with van der Waals surface area (Å²) in [4.78, 5) is 39.8. The van der Waals surface area contributed by atoms with Crippen LogP contribution in [-0.4, -0.2) is 69.4 Å². The normalized spacial score (nSPS) is 14.0. The molecule has 66 heavy (non-hydrogen) atoms. The Balaban J connectivity index is 5.40. The molecule has 1 amide bonds. The highest BCUT2D eigenvalue weighted by Crippen LogP contribution is 2.38. The Morgan fingerprint density at radius 2 is 0.879 bits per heavy atom. The van der Waals surface area contributed by atoms with Gasteiger partial charge in [-0.05, 0) is 57.4 Å². The van der Waals surface area contributed by atoms with Crippen LogP contribution in [0.5, 0.6) is 0 Å². The first-order valence-corrected chi connectivity index (χ1v) is 29.6. The van der Waals surface area contributed by atoms with Gasteiger partial charge in [-0.3, -0.25) is 14.2 Å². The lowest BCUT2D eigenvalue weighted by molar-refractivity contribution is -0.870. The first kappa shape index (κ1) is 64.5. The zero-order valence-electron chi connectivity index (χ0n) is 44.4. The molecule has 10 heteroatoms. The number of quaternary nitrogens is 1. The Bertz CT molecular complexity index is 1190. The molecule has 0 aliphatic carbocycles. The summed E-state index contributed by atoms with van der Waals surface area (Å²) in [5.74, 6) is -0.549. The predicted molar refractivity (Wildman–Crippen MR) is 280 cm³/mol. The van der Waals surface area contributed by atoms with Crippen LogP contribution in [0, 0.1) is 0 Å². The summed E-state index contributed by atoms with van der Waals surface area (Å²) in [6.45, 7) is 6.84. The molecule has 0 radical (unpaired) electrons. The van der Waals surface area contributed by atoms with Crippen LogP contribution in [0.25, 0.3) is 0 Å². The molecule has 0 aromatic heterocycles. The molecule has 0 aromatic carbocycles. The fourth-order valence-corrected chi connectivity index (χ4v) is 8.95. The van der Waals surface area contributed by atoms with Gasteiger partial charge in [0.15, 0.2) is 0 Å². The van der Waals surface area contributed by atoms with Gasteiger partial charge in [0, 0.05) is 12.8 Å². The van der Waals surface area contributed by atoms with Gasteiger partial charge in [-0.25, -0.2) is 0 Å². The fourth-order valence-electron chi connectivity index (χ4n) is 8.22. The lowest BCUT2D eigenvalue weighted by Gasteiger charge is -2.30. The Labute approximate surface area is 409 Å². The smallest absolute Gasteiger partial charge is 0.306 e. The minimum absolute atomic E-state index is 0.0212. The van der Waals surface area contributed by atoms with Crippen molar-refractivity contribution in [2.75, 3.05) is 40.9 Å². The van der Waals surface area contributed by atoms with Crippen LogP contribution in [0.15, 0.2) is 24.3 Å². The van der Waals surface area contributed by atoms with Gasteiger partial charge in [0.1, 0.15) is 19.3 Å². The zero-order chi connectivity index (χ0) is 48.7. The van der Waals surface area contributed by atoms with Crippen LogP contribution in [-0.2, 0) is 27.9 Å². The molecule has 3 atom stereocenters. The van der Waals surface area contributed by atoms with Crippen LogP contribution in [0.4, 0.5) is 0 Å². The molecule has 0 aliphatic rings. The van der Waals surface area contributed by atoms with Crippen molar-refractivity contribution in [1.29, 1.82) is 0 Å². The third kappa shape index (κ3) is 47.6. The lowest BCUT2D eigenvalue weighted by atomic mass is 10.0. The Hall–Kier alpha value is -1.51. The zero-order valence-corrected chi connectivity index (χ0v) is 45.3. The summed E-state index contributed by atoms with van der Waals surface area (Å²) in [5, 5.41) is 3.02. The topological polar surface area (TPSA) is 114 Å². The van der Waals surface area contributed by atoms with E-state index in [1.807, 2.05) is 33.3 Å². The molecule has 3 unspecified atom stereocenters. The fraction of sp³-hybridized carbons (Fsp3) is 0.893. The summed E-state index contributed by atoms with van der Waals surface area (Å²) in [5.41, 5.74) is 0. The molecule has 0 spiro atoms. The minimum atomic E-state index is -4.69. The molecular weight excluding hydrogens is 844 g/mol. The van der Waals surface area contributed by atoms with E-state index in [2.05, 4.69) is 38.2 Å². The maximum Gasteiger partial charge on any atom is 0.306 e. The molecule has 0 aromatic rings. The SMILES string of the molecule is CCCCCCCC/C=C\CCCCCC(=O)OC(/C=C/CCCCCCCCCCCCC)C(COP(=O)([O-])OCC[N+](C)(C)C)NC(=O)CCCCCCCCCCCCCCCC. The van der Waals surface area contributed by atoms with Crippen LogP contribution >= 0.6 is 7.82 Å². The third-order valence-electron chi connectivity index (χ3n) is 12.6. The van der Waals surface area contributed by atoms with Crippen molar-refractivity contribution in [3.05, 3.63) is 24.3 Å². The van der Waals surface area contributed by atoms with Crippen molar-refractivity contribution in [3.8, 4) is 0 Å². The maximum absolute atomic E-state index is 13.4. The second-order valence-corrected chi connectivity index (χ2v) is 21.9. The number of phosphoric ester groups is 1. The molecule has 9 nitrogen and oxygen atoms in total. The van der Waals surface area contributed by atoms with Crippen molar-refractivity contribution < 1.29 is 37.3 Å². The molecule has 390 valence electrons. The van der Waals surface area contributed by atoms with E-state index in [1.54, 1.807) is 0 Å². The molecule has 0 saturated heterocycles. The number of phosphoric acid groups is 1. The number of esters is 1. The highest BCUT2D eigenvalue weighted by molar-refractivity contribution is 7.45. The third-order valence-corrected chi connectivity index (χ3v) is 13.6. The average Bonchev–Trinajstić information content (AvgIpc) is 3.27. The molecule has 0 bridgehead atoms. The van der Waals surface area contributed by atoms with Crippen molar-refractivity contribution >= 4 is 19.7 Å². The van der Waals surface area contributed by atoms with E-state index in [0.29, 0.717) is 23.9 Å². The van der Waals surface area contributed by atoms with Crippen molar-refractivity contribution in [2.45, 2.75) is 283 Å². The van der Waals surface area contributed by atoms with E-state index in [-0.39, 0.29) is 31.5 Å². The number of allylic oxidation sites excluding steroid dienone is 3. The van der Waals surface area contributed by atoms with E-state index in [9.17, 15) is 19.0 Å². The first-order chi connectivity index (χ1) is 31.9. The largest absolute Gasteiger partial charge is 0.756 e. The number of rotatable bonds is 51. The molecule has 0 saturated carbocycles. The molecule has 0 heterocycles. The van der Waals surface area contributed by atoms with Crippen molar-refractivity contribution in [2.24, 2.45) is 0 Å². The number of likely N-dealkylation sites (N-methyl/N-ethyl adjacent to an activating group) is 1. The van der Waals surface area contributed by atoms with Crippen molar-refractivity contribution in [1.82, 2.24) is 5.32 Å². The predicted octanol–water partition coefficient (Wildman–Crippen LogP) is 16.0. The second-order valence-electron chi connectivity index (χ2n) is 20.4. The number of unbranched alkanes of at least 4 members (excludes halogenated alkanes) is 33. The monoisotopic (exact) mass is 953 g/mol. The summed E-state index contributed by atoms with van der Waals surface area (Å²) in [6.07, 6.45) is 52.8. The summed E-state index contributed by atoms with van der Waals surface area (Å²) >= 11 is 0. The maximum atomic E-state index is 13.4. The lowest BCUT2D eigenvalue weighted by Crippen LogP contribution is -2.47. The quantitative estimate of drug-likeness (QED) is 0.0212. The molecule has 0 rings (SSSR count). The van der Waals surface area contributed by atoms with Crippen LogP contribution in [0.1, 0.15) is 271 Å². The molecule has 0 fully saturated rings. The average molecular weight is 953 g/mol. The van der Waals surface area contributed by atoms with Gasteiger partial charge in [-0.2, -0.15) is 0 Å². The highest BCUT2D eigenvalue weighted by atomic mass is 31.2. The summed E-state index contributed by atoms with van der Waals surface area (Å²) in [7, 11) is 1.19. The van der Waals surface area contributed by atoms with E-state index < -0.39 is 20.0 Å². The van der Waals surface area contributed by atoms with Crippen LogP contribution in [0.3, 0.4) is 0 Å². The number of hydrogen-bond acceptors (Lipinski definition) is 7.